The molecule has 2 amide bonds. The van der Waals surface area contributed by atoms with Crippen LogP contribution in [0.1, 0.15) is 18.4 Å². The van der Waals surface area contributed by atoms with Crippen LogP contribution in [0.2, 0.25) is 10.0 Å². The van der Waals surface area contributed by atoms with Gasteiger partial charge in [0.2, 0.25) is 11.8 Å². The normalized spacial score (nSPS) is 29.2. The number of amides is 2. The molecule has 0 aromatic heterocycles. The van der Waals surface area contributed by atoms with Gasteiger partial charge < -0.3 is 15.0 Å². The first kappa shape index (κ1) is 15.2. The highest BCUT2D eigenvalue weighted by molar-refractivity contribution is 6.42. The van der Waals surface area contributed by atoms with Crippen LogP contribution in [-0.2, 0) is 19.7 Å². The fraction of sp³-hybridized carbons (Fsp3) is 0.500. The molecule has 4 rings (SSSR count). The van der Waals surface area contributed by atoms with Gasteiger partial charge in [-0.2, -0.15) is 0 Å². The zero-order chi connectivity index (χ0) is 16.2. The van der Waals surface area contributed by atoms with Crippen LogP contribution in [0.4, 0.5) is 5.69 Å². The van der Waals surface area contributed by atoms with Crippen LogP contribution in [0, 0.1) is 5.92 Å². The van der Waals surface area contributed by atoms with E-state index in [0.717, 1.165) is 12.0 Å². The summed E-state index contributed by atoms with van der Waals surface area (Å²) in [5.41, 5.74) is 0.830. The van der Waals surface area contributed by atoms with Gasteiger partial charge in [0.1, 0.15) is 0 Å². The van der Waals surface area contributed by atoms with Crippen molar-refractivity contribution >= 4 is 40.7 Å². The average Bonchev–Trinajstić information content (AvgIpc) is 3.23. The number of hydrogen-bond acceptors (Lipinski definition) is 3. The Hall–Kier alpha value is -1.30. The number of hydrogen-bond donors (Lipinski definition) is 1. The molecule has 1 aromatic carbocycles. The molecule has 0 aliphatic carbocycles. The molecule has 3 aliphatic rings. The van der Waals surface area contributed by atoms with Gasteiger partial charge in [-0.15, -0.1) is 0 Å². The summed E-state index contributed by atoms with van der Waals surface area (Å²) < 4.78 is 5.30. The van der Waals surface area contributed by atoms with Gasteiger partial charge in [-0.25, -0.2) is 0 Å². The molecule has 23 heavy (non-hydrogen) atoms. The molecule has 0 unspecified atom stereocenters. The monoisotopic (exact) mass is 354 g/mol. The third-order valence-electron chi connectivity index (χ3n) is 5.12. The number of nitrogens with zero attached hydrogens (tertiary/aromatic N) is 1. The summed E-state index contributed by atoms with van der Waals surface area (Å²) in [7, 11) is 0. The fourth-order valence-corrected chi connectivity index (χ4v) is 4.13. The standard InChI is InChI=1S/C16H16Cl2N2O3/c17-11-5-10-13(6-12(11)18)19-15(22)16(10)2-3-20(8-16)14(21)9-1-4-23-7-9/h5-6,9H,1-4,7-8H2,(H,19,22)/t9-,16-/m1/s1. The molecule has 0 saturated carbocycles. The fourth-order valence-electron chi connectivity index (χ4n) is 3.80. The SMILES string of the molecule is O=C([C@@H]1CCOC1)N1CC[C@]2(C1)C(=O)Nc1cc(Cl)c(Cl)cc12. The molecule has 0 bridgehead atoms. The van der Waals surface area contributed by atoms with Gasteiger partial charge in [0.05, 0.1) is 28.0 Å². The lowest BCUT2D eigenvalue weighted by Crippen LogP contribution is -2.41. The van der Waals surface area contributed by atoms with E-state index in [1.54, 1.807) is 17.0 Å². The van der Waals surface area contributed by atoms with Gasteiger partial charge in [0.15, 0.2) is 0 Å². The maximum atomic E-state index is 12.6. The third-order valence-corrected chi connectivity index (χ3v) is 5.84. The average molecular weight is 355 g/mol. The van der Waals surface area contributed by atoms with E-state index in [0.29, 0.717) is 48.5 Å². The van der Waals surface area contributed by atoms with Crippen molar-refractivity contribution in [3.63, 3.8) is 0 Å². The predicted octanol–water partition coefficient (Wildman–Crippen LogP) is 2.45. The van der Waals surface area contributed by atoms with Gasteiger partial charge in [-0.3, -0.25) is 9.59 Å². The Bertz CT molecular complexity index is 703. The summed E-state index contributed by atoms with van der Waals surface area (Å²) in [6, 6.07) is 3.44. The molecular formula is C16H16Cl2N2O3. The van der Waals surface area contributed by atoms with Gasteiger partial charge >= 0.3 is 0 Å². The molecule has 1 spiro atoms. The maximum absolute atomic E-state index is 12.6. The Morgan fingerprint density at radius 1 is 1.35 bits per heavy atom. The van der Waals surface area contributed by atoms with E-state index in [-0.39, 0.29) is 17.7 Å². The Labute approximate surface area is 143 Å². The van der Waals surface area contributed by atoms with Crippen LogP contribution in [0.15, 0.2) is 12.1 Å². The number of ether oxygens (including phenoxy) is 1. The second-order valence-electron chi connectivity index (χ2n) is 6.42. The molecule has 7 heteroatoms. The molecule has 1 N–H and O–H groups in total. The summed E-state index contributed by atoms with van der Waals surface area (Å²) in [5, 5.41) is 3.72. The smallest absolute Gasteiger partial charge is 0.237 e. The van der Waals surface area contributed by atoms with Crippen molar-refractivity contribution in [2.24, 2.45) is 5.92 Å². The van der Waals surface area contributed by atoms with Crippen molar-refractivity contribution in [1.82, 2.24) is 4.90 Å². The van der Waals surface area contributed by atoms with E-state index in [1.807, 2.05) is 0 Å². The third kappa shape index (κ3) is 2.25. The van der Waals surface area contributed by atoms with Crippen molar-refractivity contribution < 1.29 is 14.3 Å². The number of fused-ring (bicyclic) bond motifs is 2. The number of rotatable bonds is 1. The van der Waals surface area contributed by atoms with E-state index in [4.69, 9.17) is 27.9 Å². The summed E-state index contributed by atoms with van der Waals surface area (Å²) in [4.78, 5) is 27.0. The molecule has 1 aromatic rings. The highest BCUT2D eigenvalue weighted by atomic mass is 35.5. The molecule has 3 aliphatic heterocycles. The second kappa shape index (κ2) is 5.36. The van der Waals surface area contributed by atoms with E-state index in [9.17, 15) is 9.59 Å². The summed E-state index contributed by atoms with van der Waals surface area (Å²) in [6.45, 7) is 2.07. The van der Waals surface area contributed by atoms with Crippen molar-refractivity contribution in [2.45, 2.75) is 18.3 Å². The van der Waals surface area contributed by atoms with E-state index >= 15 is 0 Å². The first-order valence-electron chi connectivity index (χ1n) is 7.69. The van der Waals surface area contributed by atoms with Crippen LogP contribution in [-0.4, -0.2) is 43.0 Å². The summed E-state index contributed by atoms with van der Waals surface area (Å²) in [6.07, 6.45) is 1.36. The molecule has 2 fully saturated rings. The van der Waals surface area contributed by atoms with Gasteiger partial charge in [0.25, 0.3) is 0 Å². The van der Waals surface area contributed by atoms with Gasteiger partial charge in [0, 0.05) is 25.4 Å². The van der Waals surface area contributed by atoms with Crippen molar-refractivity contribution in [3.8, 4) is 0 Å². The lowest BCUT2D eigenvalue weighted by atomic mass is 9.81. The minimum absolute atomic E-state index is 0.0798. The number of nitrogens with one attached hydrogen (secondary N) is 1. The number of carbonyl (C=O) groups excluding carboxylic acids is 2. The lowest BCUT2D eigenvalue weighted by molar-refractivity contribution is -0.134. The largest absolute Gasteiger partial charge is 0.381 e. The number of halogens is 2. The number of benzene rings is 1. The Balaban J connectivity index is 1.64. The van der Waals surface area contributed by atoms with E-state index < -0.39 is 5.41 Å². The van der Waals surface area contributed by atoms with Crippen LogP contribution in [0.25, 0.3) is 0 Å². The van der Waals surface area contributed by atoms with Crippen molar-refractivity contribution in [1.29, 1.82) is 0 Å². The van der Waals surface area contributed by atoms with Crippen LogP contribution < -0.4 is 5.32 Å². The first-order valence-corrected chi connectivity index (χ1v) is 8.44. The summed E-state index contributed by atoms with van der Waals surface area (Å²) in [5.74, 6) is -0.0765. The zero-order valence-corrected chi connectivity index (χ0v) is 13.9. The minimum Gasteiger partial charge on any atom is -0.381 e. The van der Waals surface area contributed by atoms with Crippen LogP contribution in [0.3, 0.4) is 0 Å². The predicted molar refractivity (Wildman–Crippen MR) is 86.9 cm³/mol. The minimum atomic E-state index is -0.710. The number of anilines is 1. The molecule has 122 valence electrons. The molecular weight excluding hydrogens is 339 g/mol. The lowest BCUT2D eigenvalue weighted by Gasteiger charge is -2.24. The van der Waals surface area contributed by atoms with E-state index in [1.165, 1.54) is 0 Å². The molecule has 2 saturated heterocycles. The highest BCUT2D eigenvalue weighted by Crippen LogP contribution is 2.47. The quantitative estimate of drug-likeness (QED) is 0.842. The van der Waals surface area contributed by atoms with Gasteiger partial charge in [-0.1, -0.05) is 23.2 Å². The first-order chi connectivity index (χ1) is 11.0. The highest BCUT2D eigenvalue weighted by Gasteiger charge is 2.52. The Morgan fingerprint density at radius 3 is 2.87 bits per heavy atom. The maximum Gasteiger partial charge on any atom is 0.237 e. The molecule has 2 atom stereocenters. The Morgan fingerprint density at radius 2 is 2.13 bits per heavy atom. The number of likely N-dealkylation sites (tertiary alicyclic amines) is 1. The van der Waals surface area contributed by atoms with Gasteiger partial charge in [-0.05, 0) is 30.5 Å². The molecule has 5 nitrogen and oxygen atoms in total. The zero-order valence-electron chi connectivity index (χ0n) is 12.4. The molecule has 3 heterocycles. The van der Waals surface area contributed by atoms with Crippen LogP contribution >= 0.6 is 23.2 Å². The topological polar surface area (TPSA) is 58.6 Å². The second-order valence-corrected chi connectivity index (χ2v) is 7.23. The number of carbonyl (C=O) groups is 2. The van der Waals surface area contributed by atoms with Crippen molar-refractivity contribution in [2.75, 3.05) is 31.6 Å². The Kier molecular flexibility index (Phi) is 3.55. The molecule has 0 radical (unpaired) electrons. The van der Waals surface area contributed by atoms with Crippen LogP contribution in [0.5, 0.6) is 0 Å². The summed E-state index contributed by atoms with van der Waals surface area (Å²) >= 11 is 12.2. The van der Waals surface area contributed by atoms with E-state index in [2.05, 4.69) is 5.32 Å². The van der Waals surface area contributed by atoms with Crippen molar-refractivity contribution in [3.05, 3.63) is 27.7 Å².